The lowest BCUT2D eigenvalue weighted by Gasteiger charge is -2.14. The van der Waals surface area contributed by atoms with E-state index in [9.17, 15) is 14.0 Å². The Morgan fingerprint density at radius 3 is 2.60 bits per heavy atom. The molecular formula is C23H23FN2O4. The van der Waals surface area contributed by atoms with Crippen LogP contribution in [0.3, 0.4) is 0 Å². The second-order valence-corrected chi connectivity index (χ2v) is 7.46. The average molecular weight is 410 g/mol. The molecule has 1 fully saturated rings. The van der Waals surface area contributed by atoms with Crippen LogP contribution in [0.25, 0.3) is 10.9 Å². The lowest BCUT2D eigenvalue weighted by molar-refractivity contribution is -0.123. The first-order valence-electron chi connectivity index (χ1n) is 9.85. The van der Waals surface area contributed by atoms with Crippen molar-refractivity contribution >= 4 is 28.5 Å². The number of ether oxygens (including phenoxy) is 2. The van der Waals surface area contributed by atoms with Crippen molar-refractivity contribution in [2.45, 2.75) is 38.8 Å². The number of para-hydroxylation sites is 1. The van der Waals surface area contributed by atoms with Gasteiger partial charge in [0.2, 0.25) is 0 Å². The van der Waals surface area contributed by atoms with Crippen LogP contribution in [0, 0.1) is 12.7 Å². The van der Waals surface area contributed by atoms with Gasteiger partial charge in [0, 0.05) is 22.6 Å². The summed E-state index contributed by atoms with van der Waals surface area (Å²) in [6, 6.07) is 11.8. The maximum absolute atomic E-state index is 13.8. The summed E-state index contributed by atoms with van der Waals surface area (Å²) in [5.41, 5.74) is 2.19. The number of benzene rings is 2. The molecular weight excluding hydrogens is 387 g/mol. The Labute approximate surface area is 173 Å². The van der Waals surface area contributed by atoms with Crippen molar-refractivity contribution in [1.82, 2.24) is 4.57 Å². The average Bonchev–Trinajstić information content (AvgIpc) is 3.51. The highest BCUT2D eigenvalue weighted by atomic mass is 19.1. The van der Waals surface area contributed by atoms with Crippen LogP contribution in [-0.2, 0) is 9.53 Å². The molecule has 1 aliphatic rings. The summed E-state index contributed by atoms with van der Waals surface area (Å²) in [4.78, 5) is 25.5. The molecule has 1 atom stereocenters. The van der Waals surface area contributed by atoms with Gasteiger partial charge >= 0.3 is 5.97 Å². The molecule has 30 heavy (non-hydrogen) atoms. The van der Waals surface area contributed by atoms with E-state index in [4.69, 9.17) is 9.47 Å². The van der Waals surface area contributed by atoms with Gasteiger partial charge in [0.1, 0.15) is 11.6 Å². The molecule has 6 nitrogen and oxygen atoms in total. The second-order valence-electron chi connectivity index (χ2n) is 7.46. The number of aromatic nitrogens is 1. The molecule has 7 heteroatoms. The van der Waals surface area contributed by atoms with E-state index in [-0.39, 0.29) is 5.69 Å². The molecule has 1 saturated carbocycles. The van der Waals surface area contributed by atoms with Crippen molar-refractivity contribution in [2.75, 3.05) is 12.4 Å². The number of amides is 1. The number of carbonyl (C=O) groups is 2. The Bertz CT molecular complexity index is 1130. The number of rotatable bonds is 6. The fourth-order valence-electron chi connectivity index (χ4n) is 3.68. The van der Waals surface area contributed by atoms with Crippen molar-refractivity contribution in [3.05, 3.63) is 59.5 Å². The molecule has 0 spiro atoms. The zero-order valence-corrected chi connectivity index (χ0v) is 17.1. The highest BCUT2D eigenvalue weighted by Crippen LogP contribution is 2.42. The molecule has 1 aliphatic carbocycles. The van der Waals surface area contributed by atoms with Crippen LogP contribution in [0.1, 0.15) is 41.9 Å². The van der Waals surface area contributed by atoms with E-state index in [1.54, 1.807) is 13.2 Å². The minimum atomic E-state index is -1.10. The highest BCUT2D eigenvalue weighted by Gasteiger charge is 2.32. The molecule has 1 amide bonds. The molecule has 3 aromatic rings. The third-order valence-electron chi connectivity index (χ3n) is 5.36. The van der Waals surface area contributed by atoms with E-state index < -0.39 is 23.8 Å². The fourth-order valence-corrected chi connectivity index (χ4v) is 3.68. The minimum absolute atomic E-state index is 0.0386. The van der Waals surface area contributed by atoms with E-state index in [0.29, 0.717) is 17.4 Å². The third kappa shape index (κ3) is 3.63. The number of esters is 1. The smallest absolute Gasteiger partial charge is 0.341 e. The number of halogens is 1. The molecule has 1 heterocycles. The lowest BCUT2D eigenvalue weighted by atomic mass is 10.1. The van der Waals surface area contributed by atoms with Crippen LogP contribution in [0.5, 0.6) is 5.75 Å². The summed E-state index contributed by atoms with van der Waals surface area (Å²) in [5.74, 6) is -1.12. The zero-order chi connectivity index (χ0) is 21.4. The van der Waals surface area contributed by atoms with E-state index in [2.05, 4.69) is 9.88 Å². The number of hydrogen-bond donors (Lipinski definition) is 1. The van der Waals surface area contributed by atoms with Gasteiger partial charge in [0.15, 0.2) is 6.10 Å². The van der Waals surface area contributed by atoms with E-state index >= 15 is 0 Å². The van der Waals surface area contributed by atoms with Crippen molar-refractivity contribution < 1.29 is 23.5 Å². The van der Waals surface area contributed by atoms with Crippen LogP contribution >= 0.6 is 0 Å². The predicted octanol–water partition coefficient (Wildman–Crippen LogP) is 4.62. The lowest BCUT2D eigenvalue weighted by Crippen LogP contribution is -2.30. The number of nitrogens with one attached hydrogen (secondary N) is 1. The first kappa shape index (κ1) is 19.9. The topological polar surface area (TPSA) is 69.6 Å². The van der Waals surface area contributed by atoms with Crippen molar-refractivity contribution in [2.24, 2.45) is 0 Å². The molecule has 1 N–H and O–H groups in total. The minimum Gasteiger partial charge on any atom is -0.497 e. The molecule has 4 rings (SSSR count). The summed E-state index contributed by atoms with van der Waals surface area (Å²) in [6.07, 6.45) is 1.03. The van der Waals surface area contributed by atoms with E-state index in [1.165, 1.54) is 25.1 Å². The first-order valence-corrected chi connectivity index (χ1v) is 9.85. The van der Waals surface area contributed by atoms with Crippen LogP contribution in [-0.4, -0.2) is 29.7 Å². The molecule has 2 aromatic carbocycles. The summed E-state index contributed by atoms with van der Waals surface area (Å²) in [5, 5.41) is 3.18. The molecule has 0 saturated heterocycles. The van der Waals surface area contributed by atoms with Crippen molar-refractivity contribution in [3.8, 4) is 5.75 Å². The largest absolute Gasteiger partial charge is 0.497 e. The Kier molecular flexibility index (Phi) is 5.20. The first-order chi connectivity index (χ1) is 14.4. The SMILES string of the molecule is COc1ccc2c(c1)c(C(=O)O[C@@H](C)C(=O)Nc1ccccc1F)c(C)n2C1CC1. The van der Waals surface area contributed by atoms with Gasteiger partial charge in [-0.3, -0.25) is 4.79 Å². The van der Waals surface area contributed by atoms with Crippen LogP contribution in [0.4, 0.5) is 10.1 Å². The number of methoxy groups -OCH3 is 1. The maximum Gasteiger partial charge on any atom is 0.341 e. The standard InChI is InChI=1S/C23H23FN2O4/c1-13-21(17-12-16(29-3)10-11-20(17)26(13)15-8-9-15)23(28)30-14(2)22(27)25-19-7-5-4-6-18(19)24/h4-7,10-12,14-15H,8-9H2,1-3H3,(H,25,27)/t14-/m0/s1. The third-order valence-corrected chi connectivity index (χ3v) is 5.36. The fraction of sp³-hybridized carbons (Fsp3) is 0.304. The van der Waals surface area contributed by atoms with Gasteiger partial charge in [-0.2, -0.15) is 0 Å². The summed E-state index contributed by atoms with van der Waals surface area (Å²) >= 11 is 0. The molecule has 156 valence electrons. The Hall–Kier alpha value is -3.35. The van der Waals surface area contributed by atoms with Crippen LogP contribution in [0.15, 0.2) is 42.5 Å². The number of carbonyl (C=O) groups excluding carboxylic acids is 2. The maximum atomic E-state index is 13.8. The number of fused-ring (bicyclic) bond motifs is 1. The molecule has 0 aliphatic heterocycles. The van der Waals surface area contributed by atoms with Gasteiger partial charge in [-0.25, -0.2) is 9.18 Å². The molecule has 0 bridgehead atoms. The van der Waals surface area contributed by atoms with Crippen molar-refractivity contribution in [3.63, 3.8) is 0 Å². The quantitative estimate of drug-likeness (QED) is 0.602. The zero-order valence-electron chi connectivity index (χ0n) is 17.1. The molecule has 1 aromatic heterocycles. The van der Waals surface area contributed by atoms with Gasteiger partial charge in [0.25, 0.3) is 5.91 Å². The highest BCUT2D eigenvalue weighted by molar-refractivity contribution is 6.07. The van der Waals surface area contributed by atoms with Crippen LogP contribution in [0.2, 0.25) is 0 Å². The monoisotopic (exact) mass is 410 g/mol. The van der Waals surface area contributed by atoms with Gasteiger partial charge in [-0.1, -0.05) is 12.1 Å². The number of hydrogen-bond acceptors (Lipinski definition) is 4. The number of nitrogens with zero attached hydrogens (tertiary/aromatic N) is 1. The Morgan fingerprint density at radius 2 is 1.93 bits per heavy atom. The Balaban J connectivity index is 1.60. The summed E-state index contributed by atoms with van der Waals surface area (Å²) < 4.78 is 26.7. The van der Waals surface area contributed by atoms with Gasteiger partial charge in [-0.05, 0) is 57.0 Å². The predicted molar refractivity (Wildman–Crippen MR) is 111 cm³/mol. The Morgan fingerprint density at radius 1 is 1.20 bits per heavy atom. The second kappa shape index (κ2) is 7.82. The van der Waals surface area contributed by atoms with E-state index in [1.807, 2.05) is 25.1 Å². The normalized spacial score (nSPS) is 14.4. The molecule has 0 unspecified atom stereocenters. The van der Waals surface area contributed by atoms with Gasteiger partial charge in [0.05, 0.1) is 18.4 Å². The molecule has 0 radical (unpaired) electrons. The van der Waals surface area contributed by atoms with Crippen LogP contribution < -0.4 is 10.1 Å². The summed E-state index contributed by atoms with van der Waals surface area (Å²) in [7, 11) is 1.57. The van der Waals surface area contributed by atoms with E-state index in [0.717, 1.165) is 29.4 Å². The van der Waals surface area contributed by atoms with Crippen molar-refractivity contribution in [1.29, 1.82) is 0 Å². The number of anilines is 1. The summed E-state index contributed by atoms with van der Waals surface area (Å²) in [6.45, 7) is 3.34. The van der Waals surface area contributed by atoms with Gasteiger partial charge in [-0.15, -0.1) is 0 Å². The van der Waals surface area contributed by atoms with Gasteiger partial charge < -0.3 is 19.4 Å².